The Kier molecular flexibility index (Phi) is 4.97. The minimum absolute atomic E-state index is 0.122. The molecule has 8 nitrogen and oxygen atoms in total. The molecule has 0 atom stereocenters. The number of hydrogen-bond acceptors (Lipinski definition) is 6. The highest BCUT2D eigenvalue weighted by molar-refractivity contribution is 5.78. The van der Waals surface area contributed by atoms with Crippen LogP contribution in [0.15, 0.2) is 70.3 Å². The van der Waals surface area contributed by atoms with E-state index < -0.39 is 11.2 Å². The van der Waals surface area contributed by atoms with Crippen molar-refractivity contribution in [3.05, 3.63) is 87.1 Å². The predicted octanol–water partition coefficient (Wildman–Crippen LogP) is 2.20. The molecule has 0 bridgehead atoms. The van der Waals surface area contributed by atoms with Crippen molar-refractivity contribution in [3.63, 3.8) is 0 Å². The predicted molar refractivity (Wildman–Crippen MR) is 115 cm³/mol. The number of nitrogen functional groups attached to an aromatic ring is 1. The molecule has 0 aliphatic rings. The SMILES string of the molecule is COc1ccc(-n2c(=O)n(Cc3ccccc3)c(=O)c3ccc(N)nc32)c(OC)c1. The Morgan fingerprint density at radius 3 is 2.43 bits per heavy atom. The van der Waals surface area contributed by atoms with Gasteiger partial charge in [-0.15, -0.1) is 0 Å². The third kappa shape index (κ3) is 3.28. The quantitative estimate of drug-likeness (QED) is 0.547. The van der Waals surface area contributed by atoms with E-state index in [0.717, 1.165) is 5.56 Å². The lowest BCUT2D eigenvalue weighted by Gasteiger charge is -2.16. The van der Waals surface area contributed by atoms with Crippen LogP contribution in [-0.2, 0) is 6.54 Å². The van der Waals surface area contributed by atoms with Gasteiger partial charge in [-0.2, -0.15) is 0 Å². The first-order chi connectivity index (χ1) is 14.5. The first-order valence-electron chi connectivity index (χ1n) is 9.22. The highest BCUT2D eigenvalue weighted by atomic mass is 16.5. The van der Waals surface area contributed by atoms with Crippen LogP contribution >= 0.6 is 0 Å². The molecule has 0 saturated heterocycles. The molecule has 8 heteroatoms. The van der Waals surface area contributed by atoms with Gasteiger partial charge in [0.2, 0.25) is 0 Å². The summed E-state index contributed by atoms with van der Waals surface area (Å²) in [5.41, 5.74) is 6.30. The Morgan fingerprint density at radius 1 is 0.967 bits per heavy atom. The lowest BCUT2D eigenvalue weighted by molar-refractivity contribution is 0.393. The number of anilines is 1. The molecule has 2 N–H and O–H groups in total. The zero-order valence-corrected chi connectivity index (χ0v) is 16.5. The number of ether oxygens (including phenoxy) is 2. The van der Waals surface area contributed by atoms with Crippen LogP contribution < -0.4 is 26.5 Å². The average molecular weight is 404 g/mol. The van der Waals surface area contributed by atoms with Gasteiger partial charge in [0.15, 0.2) is 5.65 Å². The maximum Gasteiger partial charge on any atom is 0.337 e. The van der Waals surface area contributed by atoms with Crippen LogP contribution in [0.2, 0.25) is 0 Å². The number of benzene rings is 2. The summed E-state index contributed by atoms with van der Waals surface area (Å²) in [6.45, 7) is 0.122. The van der Waals surface area contributed by atoms with E-state index in [1.807, 2.05) is 30.3 Å². The summed E-state index contributed by atoms with van der Waals surface area (Å²) in [5, 5.41) is 0.276. The van der Waals surface area contributed by atoms with Crippen molar-refractivity contribution in [2.75, 3.05) is 20.0 Å². The third-order valence-corrected chi connectivity index (χ3v) is 4.82. The molecule has 4 rings (SSSR count). The van der Waals surface area contributed by atoms with Crippen molar-refractivity contribution in [1.29, 1.82) is 0 Å². The van der Waals surface area contributed by atoms with Crippen LogP contribution in [0, 0.1) is 0 Å². The number of hydrogen-bond donors (Lipinski definition) is 1. The fraction of sp³-hybridized carbons (Fsp3) is 0.136. The Morgan fingerprint density at radius 2 is 1.73 bits per heavy atom. The number of nitrogens with zero attached hydrogens (tertiary/aromatic N) is 3. The Balaban J connectivity index is 2.07. The molecule has 0 aliphatic heterocycles. The third-order valence-electron chi connectivity index (χ3n) is 4.82. The Labute approximate surface area is 171 Å². The molecule has 2 heterocycles. The van der Waals surface area contributed by atoms with Crippen LogP contribution in [0.3, 0.4) is 0 Å². The van der Waals surface area contributed by atoms with Gasteiger partial charge in [-0.05, 0) is 29.8 Å². The summed E-state index contributed by atoms with van der Waals surface area (Å²) >= 11 is 0. The number of pyridine rings is 1. The van der Waals surface area contributed by atoms with E-state index in [1.54, 1.807) is 24.3 Å². The number of rotatable bonds is 5. The number of methoxy groups -OCH3 is 2. The monoisotopic (exact) mass is 404 g/mol. The highest BCUT2D eigenvalue weighted by Crippen LogP contribution is 2.28. The van der Waals surface area contributed by atoms with E-state index in [1.165, 1.54) is 29.4 Å². The van der Waals surface area contributed by atoms with Gasteiger partial charge in [0.05, 0.1) is 31.8 Å². The lowest BCUT2D eigenvalue weighted by atomic mass is 10.2. The fourth-order valence-corrected chi connectivity index (χ4v) is 3.34. The van der Waals surface area contributed by atoms with E-state index in [4.69, 9.17) is 15.2 Å². The van der Waals surface area contributed by atoms with E-state index in [-0.39, 0.29) is 23.4 Å². The van der Waals surface area contributed by atoms with Gasteiger partial charge < -0.3 is 15.2 Å². The van der Waals surface area contributed by atoms with Gasteiger partial charge in [0.25, 0.3) is 5.56 Å². The van der Waals surface area contributed by atoms with Crippen molar-refractivity contribution in [1.82, 2.24) is 14.1 Å². The summed E-state index contributed by atoms with van der Waals surface area (Å²) in [5.74, 6) is 1.16. The molecule has 0 spiro atoms. The molecule has 2 aromatic heterocycles. The molecule has 4 aromatic rings. The molecule has 0 unspecified atom stereocenters. The maximum absolute atomic E-state index is 13.5. The smallest absolute Gasteiger partial charge is 0.337 e. The second-order valence-corrected chi connectivity index (χ2v) is 6.64. The molecule has 0 radical (unpaired) electrons. The van der Waals surface area contributed by atoms with Crippen LogP contribution in [0.4, 0.5) is 5.82 Å². The minimum atomic E-state index is -0.544. The van der Waals surface area contributed by atoms with Gasteiger partial charge in [-0.25, -0.2) is 14.3 Å². The normalized spacial score (nSPS) is 10.9. The summed E-state index contributed by atoms with van der Waals surface area (Å²) in [6.07, 6.45) is 0. The molecule has 0 aliphatic carbocycles. The summed E-state index contributed by atoms with van der Waals surface area (Å²) in [4.78, 5) is 30.9. The van der Waals surface area contributed by atoms with Crippen LogP contribution in [0.25, 0.3) is 16.7 Å². The van der Waals surface area contributed by atoms with Crippen LogP contribution in [-0.4, -0.2) is 28.3 Å². The van der Waals surface area contributed by atoms with Gasteiger partial charge in [0.1, 0.15) is 17.3 Å². The van der Waals surface area contributed by atoms with Crippen LogP contribution in [0.5, 0.6) is 11.5 Å². The average Bonchev–Trinajstić information content (AvgIpc) is 2.77. The molecule has 0 saturated carbocycles. The fourth-order valence-electron chi connectivity index (χ4n) is 3.34. The molecule has 0 fully saturated rings. The second kappa shape index (κ2) is 7.75. The number of aromatic nitrogens is 3. The van der Waals surface area contributed by atoms with E-state index >= 15 is 0 Å². The first kappa shape index (κ1) is 19.3. The number of fused-ring (bicyclic) bond motifs is 1. The molecular formula is C22H20N4O4. The van der Waals surface area contributed by atoms with Crippen molar-refractivity contribution < 1.29 is 9.47 Å². The van der Waals surface area contributed by atoms with E-state index in [9.17, 15) is 9.59 Å². The summed E-state index contributed by atoms with van der Waals surface area (Å²) in [6, 6.07) is 17.5. The van der Waals surface area contributed by atoms with Gasteiger partial charge in [-0.3, -0.25) is 9.36 Å². The molecule has 2 aromatic carbocycles. The Hall–Kier alpha value is -4.07. The van der Waals surface area contributed by atoms with Crippen molar-refractivity contribution in [3.8, 4) is 17.2 Å². The minimum Gasteiger partial charge on any atom is -0.497 e. The Bertz CT molecular complexity index is 1340. The standard InChI is InChI=1S/C22H20N4O4/c1-29-15-8-10-17(18(12-15)30-2)26-20-16(9-11-19(23)24-20)21(27)25(22(26)28)13-14-6-4-3-5-7-14/h3-12H,13H2,1-2H3,(H2,23,24). The summed E-state index contributed by atoms with van der Waals surface area (Å²) in [7, 11) is 3.03. The zero-order chi connectivity index (χ0) is 21.3. The van der Waals surface area contributed by atoms with Gasteiger partial charge >= 0.3 is 5.69 Å². The highest BCUT2D eigenvalue weighted by Gasteiger charge is 2.19. The topological polar surface area (TPSA) is 101 Å². The molecule has 0 amide bonds. The molecule has 30 heavy (non-hydrogen) atoms. The first-order valence-corrected chi connectivity index (χ1v) is 9.22. The van der Waals surface area contributed by atoms with Crippen molar-refractivity contribution >= 4 is 16.9 Å². The van der Waals surface area contributed by atoms with Crippen molar-refractivity contribution in [2.24, 2.45) is 0 Å². The van der Waals surface area contributed by atoms with Gasteiger partial charge in [-0.1, -0.05) is 30.3 Å². The van der Waals surface area contributed by atoms with Crippen molar-refractivity contribution in [2.45, 2.75) is 6.54 Å². The molecular weight excluding hydrogens is 384 g/mol. The zero-order valence-electron chi connectivity index (χ0n) is 16.5. The largest absolute Gasteiger partial charge is 0.497 e. The number of nitrogens with two attached hydrogens (primary N) is 1. The van der Waals surface area contributed by atoms with E-state index in [2.05, 4.69) is 4.98 Å². The van der Waals surface area contributed by atoms with Gasteiger partial charge in [0, 0.05) is 6.07 Å². The maximum atomic E-state index is 13.5. The second-order valence-electron chi connectivity index (χ2n) is 6.64. The summed E-state index contributed by atoms with van der Waals surface area (Å²) < 4.78 is 13.2. The van der Waals surface area contributed by atoms with E-state index in [0.29, 0.717) is 17.2 Å². The lowest BCUT2D eigenvalue weighted by Crippen LogP contribution is -2.40. The van der Waals surface area contributed by atoms with Crippen LogP contribution in [0.1, 0.15) is 5.56 Å². The molecule has 152 valence electrons.